The van der Waals surface area contributed by atoms with Gasteiger partial charge in [-0.2, -0.15) is 11.3 Å². The molecular formula is C19H29Cl2N3OS. The Balaban J connectivity index is 0.00000312. The lowest BCUT2D eigenvalue weighted by atomic mass is 10.0. The van der Waals surface area contributed by atoms with Crippen LogP contribution in [0.2, 0.25) is 0 Å². The van der Waals surface area contributed by atoms with Crippen LogP contribution in [0.1, 0.15) is 43.5 Å². The van der Waals surface area contributed by atoms with E-state index in [0.29, 0.717) is 13.0 Å². The summed E-state index contributed by atoms with van der Waals surface area (Å²) in [4.78, 5) is 14.7. The van der Waals surface area contributed by atoms with Crippen LogP contribution in [0.15, 0.2) is 47.2 Å². The number of rotatable bonds is 9. The number of nitrogens with two attached hydrogens (primary N) is 1. The molecule has 7 heteroatoms. The Morgan fingerprint density at radius 3 is 2.31 bits per heavy atom. The fourth-order valence-electron chi connectivity index (χ4n) is 2.89. The van der Waals surface area contributed by atoms with Crippen LogP contribution in [0.5, 0.6) is 0 Å². The standard InChI is InChI=1S/C19H27N3OS.2ClH/c1-3-22(4-2)18(16-10-11-24-14-16)13-21-19(23)12-17(20)15-8-6-5-7-9-15;;/h5-11,14,17-18H,3-4,12-13,20H2,1-2H3,(H,21,23);2*1H. The molecule has 1 aromatic heterocycles. The van der Waals surface area contributed by atoms with Crippen molar-refractivity contribution in [2.45, 2.75) is 32.4 Å². The molecule has 0 bridgehead atoms. The molecule has 0 spiro atoms. The number of thiophene rings is 1. The fourth-order valence-corrected chi connectivity index (χ4v) is 3.59. The Morgan fingerprint density at radius 2 is 1.77 bits per heavy atom. The van der Waals surface area contributed by atoms with Crippen molar-refractivity contribution in [3.63, 3.8) is 0 Å². The van der Waals surface area contributed by atoms with Gasteiger partial charge in [0.05, 0.1) is 6.04 Å². The van der Waals surface area contributed by atoms with Gasteiger partial charge in [0.15, 0.2) is 0 Å². The molecule has 2 aromatic rings. The summed E-state index contributed by atoms with van der Waals surface area (Å²) in [5.41, 5.74) is 8.39. The number of nitrogens with one attached hydrogen (secondary N) is 1. The molecule has 2 unspecified atom stereocenters. The third-order valence-corrected chi connectivity index (χ3v) is 5.01. The molecule has 0 fully saturated rings. The molecule has 1 aromatic carbocycles. The van der Waals surface area contributed by atoms with E-state index in [1.54, 1.807) is 11.3 Å². The summed E-state index contributed by atoms with van der Waals surface area (Å²) in [6.45, 7) is 6.82. The van der Waals surface area contributed by atoms with Gasteiger partial charge in [0.2, 0.25) is 5.91 Å². The predicted molar refractivity (Wildman–Crippen MR) is 115 cm³/mol. The highest BCUT2D eigenvalue weighted by Gasteiger charge is 2.20. The van der Waals surface area contributed by atoms with Gasteiger partial charge in [-0.25, -0.2) is 0 Å². The highest BCUT2D eigenvalue weighted by molar-refractivity contribution is 7.07. The van der Waals surface area contributed by atoms with E-state index in [0.717, 1.165) is 18.7 Å². The van der Waals surface area contributed by atoms with Crippen LogP contribution in [0.4, 0.5) is 0 Å². The van der Waals surface area contributed by atoms with Crippen molar-refractivity contribution >= 4 is 42.1 Å². The predicted octanol–water partition coefficient (Wildman–Crippen LogP) is 4.18. The molecule has 0 aliphatic heterocycles. The number of carbonyl (C=O) groups is 1. The average molecular weight is 418 g/mol. The van der Waals surface area contributed by atoms with Crippen LogP contribution in [-0.4, -0.2) is 30.4 Å². The molecule has 0 aliphatic rings. The van der Waals surface area contributed by atoms with Crippen LogP contribution in [0, 0.1) is 0 Å². The quantitative estimate of drug-likeness (QED) is 0.642. The zero-order chi connectivity index (χ0) is 17.4. The van der Waals surface area contributed by atoms with Gasteiger partial charge in [-0.3, -0.25) is 9.69 Å². The second-order valence-corrected chi connectivity index (χ2v) is 6.60. The Kier molecular flexibility index (Phi) is 12.6. The molecule has 2 rings (SSSR count). The van der Waals surface area contributed by atoms with Crippen molar-refractivity contribution in [1.82, 2.24) is 10.2 Å². The van der Waals surface area contributed by atoms with Crippen molar-refractivity contribution in [3.8, 4) is 0 Å². The normalized spacial score (nSPS) is 12.6. The highest BCUT2D eigenvalue weighted by Crippen LogP contribution is 2.22. The van der Waals surface area contributed by atoms with Crippen LogP contribution in [-0.2, 0) is 4.79 Å². The largest absolute Gasteiger partial charge is 0.354 e. The summed E-state index contributed by atoms with van der Waals surface area (Å²) in [7, 11) is 0. The average Bonchev–Trinajstić information content (AvgIpc) is 3.13. The van der Waals surface area contributed by atoms with Gasteiger partial charge in [0.25, 0.3) is 0 Å². The minimum absolute atomic E-state index is 0. The minimum atomic E-state index is -0.265. The van der Waals surface area contributed by atoms with Gasteiger partial charge in [-0.15, -0.1) is 24.8 Å². The molecule has 3 N–H and O–H groups in total. The second-order valence-electron chi connectivity index (χ2n) is 5.82. The monoisotopic (exact) mass is 417 g/mol. The molecular weight excluding hydrogens is 389 g/mol. The zero-order valence-electron chi connectivity index (χ0n) is 15.3. The van der Waals surface area contributed by atoms with Gasteiger partial charge >= 0.3 is 0 Å². The molecule has 2 atom stereocenters. The highest BCUT2D eigenvalue weighted by atomic mass is 35.5. The second kappa shape index (κ2) is 13.1. The van der Waals surface area contributed by atoms with Gasteiger partial charge in [0, 0.05) is 19.0 Å². The first-order valence-electron chi connectivity index (χ1n) is 8.49. The smallest absolute Gasteiger partial charge is 0.221 e. The van der Waals surface area contributed by atoms with Crippen LogP contribution < -0.4 is 11.1 Å². The van der Waals surface area contributed by atoms with Crippen molar-refractivity contribution in [2.75, 3.05) is 19.6 Å². The maximum absolute atomic E-state index is 12.3. The van der Waals surface area contributed by atoms with Gasteiger partial charge in [-0.05, 0) is 41.0 Å². The lowest BCUT2D eigenvalue weighted by molar-refractivity contribution is -0.121. The minimum Gasteiger partial charge on any atom is -0.354 e. The molecule has 1 heterocycles. The van der Waals surface area contributed by atoms with Crippen molar-refractivity contribution in [2.24, 2.45) is 5.73 Å². The number of hydrogen-bond donors (Lipinski definition) is 2. The lowest BCUT2D eigenvalue weighted by Crippen LogP contribution is -2.38. The topological polar surface area (TPSA) is 58.4 Å². The number of nitrogens with zero attached hydrogens (tertiary/aromatic N) is 1. The van der Waals surface area contributed by atoms with E-state index in [1.807, 2.05) is 30.3 Å². The first-order chi connectivity index (χ1) is 11.7. The van der Waals surface area contributed by atoms with Crippen LogP contribution >= 0.6 is 36.2 Å². The number of amides is 1. The number of benzene rings is 1. The number of hydrogen-bond acceptors (Lipinski definition) is 4. The van der Waals surface area contributed by atoms with Crippen molar-refractivity contribution in [3.05, 3.63) is 58.3 Å². The van der Waals surface area contributed by atoms with Gasteiger partial charge in [-0.1, -0.05) is 44.2 Å². The fraction of sp³-hybridized carbons (Fsp3) is 0.421. The number of likely N-dealkylation sites (N-methyl/N-ethyl adjacent to an activating group) is 1. The van der Waals surface area contributed by atoms with E-state index < -0.39 is 0 Å². The lowest BCUT2D eigenvalue weighted by Gasteiger charge is -2.29. The number of halogens is 2. The summed E-state index contributed by atoms with van der Waals surface area (Å²) < 4.78 is 0. The van der Waals surface area contributed by atoms with Gasteiger partial charge < -0.3 is 11.1 Å². The maximum atomic E-state index is 12.3. The van der Waals surface area contributed by atoms with E-state index in [9.17, 15) is 4.79 Å². The first-order valence-corrected chi connectivity index (χ1v) is 9.43. The SMILES string of the molecule is CCN(CC)C(CNC(=O)CC(N)c1ccccc1)c1ccsc1.Cl.Cl. The van der Waals surface area contributed by atoms with Gasteiger partial charge in [0.1, 0.15) is 0 Å². The van der Waals surface area contributed by atoms with E-state index in [1.165, 1.54) is 5.56 Å². The Bertz CT molecular complexity index is 607. The Morgan fingerprint density at radius 1 is 1.12 bits per heavy atom. The van der Waals surface area contributed by atoms with Crippen LogP contribution in [0.25, 0.3) is 0 Å². The maximum Gasteiger partial charge on any atom is 0.221 e. The third kappa shape index (κ3) is 7.25. The van der Waals surface area contributed by atoms with Crippen molar-refractivity contribution in [1.29, 1.82) is 0 Å². The number of carbonyl (C=O) groups excluding carboxylic acids is 1. The molecule has 0 aliphatic carbocycles. The van der Waals surface area contributed by atoms with Crippen molar-refractivity contribution < 1.29 is 4.79 Å². The summed E-state index contributed by atoms with van der Waals surface area (Å²) in [5, 5.41) is 7.30. The zero-order valence-corrected chi connectivity index (χ0v) is 17.7. The first kappa shape index (κ1) is 24.9. The molecule has 146 valence electrons. The van der Waals surface area contributed by atoms with E-state index in [2.05, 4.69) is 40.9 Å². The van der Waals surface area contributed by atoms with E-state index >= 15 is 0 Å². The Hall–Kier alpha value is -1.11. The molecule has 4 nitrogen and oxygen atoms in total. The van der Waals surface area contributed by atoms with Crippen LogP contribution in [0.3, 0.4) is 0 Å². The molecule has 26 heavy (non-hydrogen) atoms. The molecule has 1 amide bonds. The summed E-state index contributed by atoms with van der Waals surface area (Å²) in [6.07, 6.45) is 0.304. The van der Waals surface area contributed by atoms with E-state index in [4.69, 9.17) is 5.73 Å². The summed E-state index contributed by atoms with van der Waals surface area (Å²) in [5.74, 6) is -0.00117. The molecule has 0 saturated carbocycles. The third-order valence-electron chi connectivity index (χ3n) is 4.31. The summed E-state index contributed by atoms with van der Waals surface area (Å²) >= 11 is 1.69. The van der Waals surface area contributed by atoms with E-state index in [-0.39, 0.29) is 42.8 Å². The molecule has 0 saturated heterocycles. The Labute approximate surface area is 173 Å². The molecule has 0 radical (unpaired) electrons. The summed E-state index contributed by atoms with van der Waals surface area (Å²) in [6, 6.07) is 11.8.